The van der Waals surface area contributed by atoms with Gasteiger partial charge in [0.25, 0.3) is 0 Å². The second-order valence-electron chi connectivity index (χ2n) is 3.31. The van der Waals surface area contributed by atoms with Crippen LogP contribution in [0.2, 0.25) is 0 Å². The lowest BCUT2D eigenvalue weighted by atomic mass is 10.1. The van der Waals surface area contributed by atoms with Crippen LogP contribution in [0.25, 0.3) is 0 Å². The van der Waals surface area contributed by atoms with E-state index in [9.17, 15) is 4.79 Å². The number of imidazole rings is 1. The van der Waals surface area contributed by atoms with Crippen molar-refractivity contribution in [2.45, 2.75) is 39.7 Å². The molecule has 4 heteroatoms. The number of aromatic nitrogens is 2. The summed E-state index contributed by atoms with van der Waals surface area (Å²) >= 11 is 0. The van der Waals surface area contributed by atoms with E-state index in [4.69, 9.17) is 4.74 Å². The number of esters is 1. The first kappa shape index (κ1) is 10.8. The van der Waals surface area contributed by atoms with Crippen LogP contribution in [0.15, 0.2) is 6.20 Å². The van der Waals surface area contributed by atoms with Gasteiger partial charge in [0.1, 0.15) is 11.9 Å². The number of carbonyl (C=O) groups is 1. The van der Waals surface area contributed by atoms with E-state index in [0.29, 0.717) is 0 Å². The number of hydrogen-bond acceptors (Lipinski definition) is 3. The molecule has 0 aliphatic carbocycles. The maximum atomic E-state index is 10.9. The number of nitrogens with zero attached hydrogens (tertiary/aromatic N) is 1. The molecule has 78 valence electrons. The van der Waals surface area contributed by atoms with E-state index in [0.717, 1.165) is 24.4 Å². The third-order valence-corrected chi connectivity index (χ3v) is 1.93. The Kier molecular flexibility index (Phi) is 3.68. The Morgan fingerprint density at radius 1 is 1.71 bits per heavy atom. The molecule has 4 nitrogen and oxygen atoms in total. The van der Waals surface area contributed by atoms with Crippen LogP contribution in [0, 0.1) is 6.92 Å². The first-order valence-electron chi connectivity index (χ1n) is 4.82. The number of H-pyrrole nitrogens is 1. The Morgan fingerprint density at radius 2 is 2.43 bits per heavy atom. The lowest BCUT2D eigenvalue weighted by molar-refractivity contribution is -0.147. The van der Waals surface area contributed by atoms with Crippen molar-refractivity contribution < 1.29 is 9.53 Å². The molecule has 0 fully saturated rings. The van der Waals surface area contributed by atoms with Gasteiger partial charge in [0.05, 0.1) is 11.9 Å². The Morgan fingerprint density at radius 3 is 2.86 bits per heavy atom. The Bertz CT molecular complexity index is 307. The van der Waals surface area contributed by atoms with Crippen molar-refractivity contribution in [2.75, 3.05) is 0 Å². The van der Waals surface area contributed by atoms with Gasteiger partial charge in [-0.05, 0) is 13.3 Å². The Balaban J connectivity index is 2.71. The van der Waals surface area contributed by atoms with Crippen molar-refractivity contribution in [3.05, 3.63) is 17.7 Å². The number of aromatic amines is 1. The summed E-state index contributed by atoms with van der Waals surface area (Å²) in [5, 5.41) is 0. The highest BCUT2D eigenvalue weighted by molar-refractivity contribution is 5.66. The van der Waals surface area contributed by atoms with Gasteiger partial charge in [0, 0.05) is 6.92 Å². The molecular weight excluding hydrogens is 180 g/mol. The minimum atomic E-state index is -0.254. The number of carbonyl (C=O) groups excluding carboxylic acids is 1. The van der Waals surface area contributed by atoms with Gasteiger partial charge in [-0.2, -0.15) is 0 Å². The first-order valence-corrected chi connectivity index (χ1v) is 4.82. The van der Waals surface area contributed by atoms with Crippen molar-refractivity contribution in [2.24, 2.45) is 0 Å². The quantitative estimate of drug-likeness (QED) is 0.750. The van der Waals surface area contributed by atoms with Crippen molar-refractivity contribution in [3.63, 3.8) is 0 Å². The van der Waals surface area contributed by atoms with Gasteiger partial charge >= 0.3 is 5.97 Å². The summed E-state index contributed by atoms with van der Waals surface area (Å²) in [7, 11) is 0. The zero-order valence-corrected chi connectivity index (χ0v) is 8.83. The summed E-state index contributed by atoms with van der Waals surface area (Å²) in [6, 6.07) is 0. The molecule has 1 rings (SSSR count). The summed E-state index contributed by atoms with van der Waals surface area (Å²) in [6.07, 6.45) is 3.33. The Hall–Kier alpha value is -1.32. The standard InChI is InChI=1S/C10H16N2O2/c1-4-5-10(14-8(3)13)9-6-11-7(2)12-9/h6,10H,4-5H2,1-3H3,(H,11,12). The van der Waals surface area contributed by atoms with Crippen molar-refractivity contribution in [3.8, 4) is 0 Å². The number of aryl methyl sites for hydroxylation is 1. The van der Waals surface area contributed by atoms with Crippen molar-refractivity contribution in [1.82, 2.24) is 9.97 Å². The third kappa shape index (κ3) is 2.87. The van der Waals surface area contributed by atoms with Gasteiger partial charge < -0.3 is 9.72 Å². The molecule has 0 spiro atoms. The van der Waals surface area contributed by atoms with Crippen LogP contribution in [0.1, 0.15) is 44.3 Å². The van der Waals surface area contributed by atoms with Crippen LogP contribution in [-0.4, -0.2) is 15.9 Å². The summed E-state index contributed by atoms with van der Waals surface area (Å²) in [4.78, 5) is 18.0. The summed E-state index contributed by atoms with van der Waals surface area (Å²) in [5.41, 5.74) is 0.875. The molecule has 1 aromatic rings. The van der Waals surface area contributed by atoms with Crippen LogP contribution in [0.4, 0.5) is 0 Å². The number of ether oxygens (including phenoxy) is 1. The minimum absolute atomic E-state index is 0.182. The molecule has 1 aromatic heterocycles. The predicted molar refractivity (Wildman–Crippen MR) is 52.7 cm³/mol. The summed E-state index contributed by atoms with van der Waals surface area (Å²) < 4.78 is 5.18. The number of hydrogen-bond donors (Lipinski definition) is 1. The van der Waals surface area contributed by atoms with Crippen molar-refractivity contribution >= 4 is 5.97 Å². The normalized spacial score (nSPS) is 12.5. The summed E-state index contributed by atoms with van der Waals surface area (Å²) in [5.74, 6) is 0.587. The average molecular weight is 196 g/mol. The molecule has 1 unspecified atom stereocenters. The SMILES string of the molecule is CCCC(OC(C)=O)c1cnc(C)[nH]1. The molecule has 0 saturated carbocycles. The molecule has 1 heterocycles. The second-order valence-corrected chi connectivity index (χ2v) is 3.31. The topological polar surface area (TPSA) is 55.0 Å². The van der Waals surface area contributed by atoms with E-state index in [2.05, 4.69) is 16.9 Å². The third-order valence-electron chi connectivity index (χ3n) is 1.93. The van der Waals surface area contributed by atoms with E-state index in [1.165, 1.54) is 6.92 Å². The molecular formula is C10H16N2O2. The van der Waals surface area contributed by atoms with Gasteiger partial charge in [-0.25, -0.2) is 4.98 Å². The molecule has 0 amide bonds. The zero-order valence-electron chi connectivity index (χ0n) is 8.83. The van der Waals surface area contributed by atoms with E-state index < -0.39 is 0 Å². The smallest absolute Gasteiger partial charge is 0.303 e. The van der Waals surface area contributed by atoms with Gasteiger partial charge in [-0.15, -0.1) is 0 Å². The zero-order chi connectivity index (χ0) is 10.6. The van der Waals surface area contributed by atoms with Crippen LogP contribution in [0.5, 0.6) is 0 Å². The molecule has 0 saturated heterocycles. The largest absolute Gasteiger partial charge is 0.456 e. The van der Waals surface area contributed by atoms with Crippen LogP contribution in [-0.2, 0) is 9.53 Å². The van der Waals surface area contributed by atoms with Gasteiger partial charge in [0.2, 0.25) is 0 Å². The second kappa shape index (κ2) is 4.79. The maximum Gasteiger partial charge on any atom is 0.303 e. The van der Waals surface area contributed by atoms with Gasteiger partial charge in [0.15, 0.2) is 0 Å². The van der Waals surface area contributed by atoms with E-state index in [1.54, 1.807) is 6.20 Å². The predicted octanol–water partition coefficient (Wildman–Crippen LogP) is 2.12. The van der Waals surface area contributed by atoms with Gasteiger partial charge in [-0.1, -0.05) is 13.3 Å². The molecule has 0 aliphatic heterocycles. The molecule has 1 atom stereocenters. The molecule has 0 radical (unpaired) electrons. The van der Waals surface area contributed by atoms with E-state index >= 15 is 0 Å². The fourth-order valence-electron chi connectivity index (χ4n) is 1.34. The summed E-state index contributed by atoms with van der Waals surface area (Å²) in [6.45, 7) is 5.35. The number of rotatable bonds is 4. The van der Waals surface area contributed by atoms with Crippen LogP contribution in [0.3, 0.4) is 0 Å². The average Bonchev–Trinajstić information content (AvgIpc) is 2.50. The highest BCUT2D eigenvalue weighted by Crippen LogP contribution is 2.20. The molecule has 14 heavy (non-hydrogen) atoms. The minimum Gasteiger partial charge on any atom is -0.456 e. The highest BCUT2D eigenvalue weighted by atomic mass is 16.5. The number of nitrogens with one attached hydrogen (secondary N) is 1. The Labute approximate surface area is 83.7 Å². The van der Waals surface area contributed by atoms with Crippen LogP contribution >= 0.6 is 0 Å². The lowest BCUT2D eigenvalue weighted by Gasteiger charge is -2.13. The first-order chi connectivity index (χ1) is 6.63. The van der Waals surface area contributed by atoms with E-state index in [-0.39, 0.29) is 12.1 Å². The highest BCUT2D eigenvalue weighted by Gasteiger charge is 2.15. The monoisotopic (exact) mass is 196 g/mol. The maximum absolute atomic E-state index is 10.9. The van der Waals surface area contributed by atoms with Crippen molar-refractivity contribution in [1.29, 1.82) is 0 Å². The van der Waals surface area contributed by atoms with Gasteiger partial charge in [-0.3, -0.25) is 4.79 Å². The molecule has 0 aromatic carbocycles. The fraction of sp³-hybridized carbons (Fsp3) is 0.600. The molecule has 0 aliphatic rings. The lowest BCUT2D eigenvalue weighted by Crippen LogP contribution is -2.08. The van der Waals surface area contributed by atoms with E-state index in [1.807, 2.05) is 6.92 Å². The molecule has 1 N–H and O–H groups in total. The van der Waals surface area contributed by atoms with Crippen LogP contribution < -0.4 is 0 Å². The molecule has 0 bridgehead atoms. The fourth-order valence-corrected chi connectivity index (χ4v) is 1.34.